The monoisotopic (exact) mass is 761 g/mol. The van der Waals surface area contributed by atoms with Gasteiger partial charge < -0.3 is 24.8 Å². The number of carbonyl (C=O) groups excluding carboxylic acids is 2. The molecule has 5 atom stereocenters. The first-order chi connectivity index (χ1) is 26.5. The van der Waals surface area contributed by atoms with Crippen LogP contribution in [-0.2, 0) is 37.3 Å². The molecule has 0 unspecified atom stereocenters. The number of benzene rings is 2. The quantitative estimate of drug-likeness (QED) is 0.228. The number of halogens is 2. The van der Waals surface area contributed by atoms with E-state index in [4.69, 9.17) is 9.47 Å². The number of aromatic nitrogens is 1. The van der Waals surface area contributed by atoms with Gasteiger partial charge in [-0.05, 0) is 144 Å². The number of amides is 2. The van der Waals surface area contributed by atoms with Crippen molar-refractivity contribution in [3.8, 4) is 0 Å². The van der Waals surface area contributed by atoms with E-state index < -0.39 is 28.9 Å². The van der Waals surface area contributed by atoms with Gasteiger partial charge in [-0.15, -0.1) is 0 Å². The lowest BCUT2D eigenvalue weighted by molar-refractivity contribution is -0.143. The maximum atomic E-state index is 15.0. The van der Waals surface area contributed by atoms with Crippen LogP contribution in [0.25, 0.3) is 10.9 Å². The number of carboxylic acids is 1. The van der Waals surface area contributed by atoms with Crippen LogP contribution < -0.4 is 5.32 Å². The number of nitrogens with one attached hydrogen (secondary N) is 1. The van der Waals surface area contributed by atoms with E-state index in [1.54, 1.807) is 16.7 Å². The van der Waals surface area contributed by atoms with Crippen molar-refractivity contribution in [3.05, 3.63) is 70.9 Å². The van der Waals surface area contributed by atoms with E-state index >= 15 is 0 Å². The number of carboxylic acid groups (broad SMARTS) is 1. The molecule has 9 nitrogen and oxygen atoms in total. The van der Waals surface area contributed by atoms with Gasteiger partial charge in [0, 0.05) is 42.9 Å². The lowest BCUT2D eigenvalue weighted by Gasteiger charge is -2.46. The third-order valence-corrected chi connectivity index (χ3v) is 13.4. The van der Waals surface area contributed by atoms with Crippen molar-refractivity contribution < 1.29 is 37.7 Å². The van der Waals surface area contributed by atoms with Crippen LogP contribution in [0.5, 0.6) is 0 Å². The zero-order valence-corrected chi connectivity index (χ0v) is 32.5. The molecule has 2 saturated carbocycles. The number of fused-ring (bicyclic) bond motifs is 1. The van der Waals surface area contributed by atoms with Crippen LogP contribution in [0.1, 0.15) is 108 Å². The summed E-state index contributed by atoms with van der Waals surface area (Å²) in [4.78, 5) is 42.8. The van der Waals surface area contributed by atoms with E-state index in [2.05, 4.69) is 5.32 Å². The molecule has 3 aromatic rings. The fourth-order valence-electron chi connectivity index (χ4n) is 10.2. The number of nitrogens with zero attached hydrogens (tertiary/aromatic N) is 2. The molecule has 0 radical (unpaired) electrons. The largest absolute Gasteiger partial charge is 0.481 e. The summed E-state index contributed by atoms with van der Waals surface area (Å²) in [5.41, 5.74) is 2.24. The summed E-state index contributed by atoms with van der Waals surface area (Å²) in [5, 5.41) is 13.8. The van der Waals surface area contributed by atoms with Crippen LogP contribution in [0.3, 0.4) is 0 Å². The SMILES string of the molecule is CCc1c(CC2CCC(OC3CCOCC3)CC2)c2ccc(F)cc2n1C(=O)N1CC[C@@](C(=O)N[C@H]2CC[C@H](C(=O)O)C[C@@H]2C)(c2ccc(F)cc2)C[C@@H]1C. The molecule has 11 heteroatoms. The van der Waals surface area contributed by atoms with Gasteiger partial charge in [0.05, 0.1) is 29.1 Å². The van der Waals surface area contributed by atoms with Crippen LogP contribution >= 0.6 is 0 Å². The summed E-state index contributed by atoms with van der Waals surface area (Å²) in [5.74, 6) is -1.79. The Labute approximate surface area is 323 Å². The highest BCUT2D eigenvalue weighted by molar-refractivity contribution is 5.96. The number of rotatable bonds is 9. The molecule has 4 fully saturated rings. The van der Waals surface area contributed by atoms with Gasteiger partial charge in [-0.25, -0.2) is 13.6 Å². The molecule has 1 aromatic heterocycles. The van der Waals surface area contributed by atoms with Gasteiger partial charge in [-0.2, -0.15) is 0 Å². The average Bonchev–Trinajstić information content (AvgIpc) is 3.48. The Bertz CT molecular complexity index is 1850. The standard InChI is InChI=1S/C44H57F2N3O6/c1-4-39-37(24-29-5-13-34(14-6-29)55-35-17-21-54-22-18-35)36-15-12-33(46)25-40(36)49(39)43(53)48-20-19-44(26-28(48)3,31-8-10-32(45)11-9-31)42(52)47-38-16-7-30(41(50)51)23-27(38)2/h8-12,15,25,27-30,34-35,38H,4-7,13-14,16-24,26H2,1-3H3,(H,47,52)(H,50,51)/t27-,28-,29?,30-,34?,38-,44-/m0/s1. The van der Waals surface area contributed by atoms with Crippen molar-refractivity contribution in [3.63, 3.8) is 0 Å². The van der Waals surface area contributed by atoms with Crippen LogP contribution in [0.4, 0.5) is 13.6 Å². The van der Waals surface area contributed by atoms with Crippen molar-refractivity contribution in [1.29, 1.82) is 0 Å². The summed E-state index contributed by atoms with van der Waals surface area (Å²) < 4.78 is 42.8. The molecule has 7 rings (SSSR count). The van der Waals surface area contributed by atoms with Gasteiger partial charge in [0.25, 0.3) is 0 Å². The molecule has 2 N–H and O–H groups in total. The third-order valence-electron chi connectivity index (χ3n) is 13.4. The zero-order valence-electron chi connectivity index (χ0n) is 32.5. The fraction of sp³-hybridized carbons (Fsp3) is 0.614. The molecule has 2 amide bonds. The second-order valence-electron chi connectivity index (χ2n) is 16.8. The molecular weight excluding hydrogens is 704 g/mol. The highest BCUT2D eigenvalue weighted by atomic mass is 19.1. The van der Waals surface area contributed by atoms with Crippen molar-refractivity contribution in [1.82, 2.24) is 14.8 Å². The van der Waals surface area contributed by atoms with Gasteiger partial charge in [0.2, 0.25) is 5.91 Å². The number of ether oxygens (including phenoxy) is 2. The molecule has 2 aliphatic heterocycles. The molecule has 3 heterocycles. The summed E-state index contributed by atoms with van der Waals surface area (Å²) >= 11 is 0. The zero-order chi connectivity index (χ0) is 38.9. The Balaban J connectivity index is 1.11. The first kappa shape index (κ1) is 39.4. The predicted molar refractivity (Wildman–Crippen MR) is 206 cm³/mol. The Kier molecular flexibility index (Phi) is 12.0. The van der Waals surface area contributed by atoms with Crippen molar-refractivity contribution in [2.75, 3.05) is 19.8 Å². The average molecular weight is 762 g/mol. The maximum absolute atomic E-state index is 15.0. The maximum Gasteiger partial charge on any atom is 0.329 e. The van der Waals surface area contributed by atoms with Crippen LogP contribution in [0.15, 0.2) is 42.5 Å². The lowest BCUT2D eigenvalue weighted by atomic mass is 9.69. The Morgan fingerprint density at radius 3 is 2.27 bits per heavy atom. The summed E-state index contributed by atoms with van der Waals surface area (Å²) in [6.07, 6.45) is 10.1. The van der Waals surface area contributed by atoms with E-state index in [0.29, 0.717) is 55.5 Å². The van der Waals surface area contributed by atoms with Gasteiger partial charge in [0.1, 0.15) is 11.6 Å². The predicted octanol–water partition coefficient (Wildman–Crippen LogP) is 8.17. The van der Waals surface area contributed by atoms with Gasteiger partial charge in [-0.3, -0.25) is 14.2 Å². The first-order valence-corrected chi connectivity index (χ1v) is 20.6. The molecule has 0 spiro atoms. The highest BCUT2D eigenvalue weighted by Crippen LogP contribution is 2.42. The minimum atomic E-state index is -1.02. The van der Waals surface area contributed by atoms with Crippen LogP contribution in [0, 0.1) is 29.4 Å². The minimum absolute atomic E-state index is 0.0207. The molecule has 2 aliphatic carbocycles. The van der Waals surface area contributed by atoms with Crippen LogP contribution in [0.2, 0.25) is 0 Å². The topological polar surface area (TPSA) is 110 Å². The molecule has 2 aromatic carbocycles. The van der Waals surface area contributed by atoms with Crippen molar-refractivity contribution in [2.24, 2.45) is 17.8 Å². The van der Waals surface area contributed by atoms with Gasteiger partial charge in [-0.1, -0.05) is 26.0 Å². The van der Waals surface area contributed by atoms with Gasteiger partial charge >= 0.3 is 12.0 Å². The van der Waals surface area contributed by atoms with E-state index in [9.17, 15) is 28.3 Å². The fourth-order valence-corrected chi connectivity index (χ4v) is 10.2. The normalized spacial score (nSPS) is 29.3. The van der Waals surface area contributed by atoms with Crippen molar-refractivity contribution >= 4 is 28.8 Å². The van der Waals surface area contributed by atoms with E-state index in [1.165, 1.54) is 24.3 Å². The molecule has 298 valence electrons. The molecule has 4 aliphatic rings. The van der Waals surface area contributed by atoms with E-state index in [-0.39, 0.29) is 48.7 Å². The van der Waals surface area contributed by atoms with Gasteiger partial charge in [0.15, 0.2) is 0 Å². The molecule has 0 bridgehead atoms. The summed E-state index contributed by atoms with van der Waals surface area (Å²) in [7, 11) is 0. The third kappa shape index (κ3) is 8.20. The van der Waals surface area contributed by atoms with E-state index in [1.807, 2.05) is 31.7 Å². The summed E-state index contributed by atoms with van der Waals surface area (Å²) in [6, 6.07) is 10.1. The summed E-state index contributed by atoms with van der Waals surface area (Å²) in [6.45, 7) is 7.78. The lowest BCUT2D eigenvalue weighted by Crippen LogP contribution is -2.58. The minimum Gasteiger partial charge on any atom is -0.481 e. The number of aliphatic carboxylic acids is 1. The Hall–Kier alpha value is -3.83. The number of piperidine rings is 1. The number of hydrogen-bond donors (Lipinski definition) is 2. The second kappa shape index (κ2) is 16.7. The second-order valence-corrected chi connectivity index (χ2v) is 16.8. The van der Waals surface area contributed by atoms with Crippen LogP contribution in [-0.4, -0.2) is 76.5 Å². The molecular formula is C44H57F2N3O6. The smallest absolute Gasteiger partial charge is 0.329 e. The first-order valence-electron chi connectivity index (χ1n) is 20.6. The highest BCUT2D eigenvalue weighted by Gasteiger charge is 2.48. The number of carbonyl (C=O) groups is 3. The van der Waals surface area contributed by atoms with Crippen molar-refractivity contribution in [2.45, 2.75) is 134 Å². The molecule has 55 heavy (non-hydrogen) atoms. The Morgan fingerprint density at radius 1 is 0.927 bits per heavy atom. The Morgan fingerprint density at radius 2 is 1.62 bits per heavy atom. The van der Waals surface area contributed by atoms with E-state index in [0.717, 1.165) is 74.8 Å². The molecule has 2 saturated heterocycles. The number of likely N-dealkylation sites (tertiary alicyclic amines) is 1. The number of hydrogen-bond acceptors (Lipinski definition) is 5.